The summed E-state index contributed by atoms with van der Waals surface area (Å²) in [6.45, 7) is 6.87. The Hall–Kier alpha value is -0.340. The molecule has 1 saturated carbocycles. The van der Waals surface area contributed by atoms with Crippen molar-refractivity contribution in [3.8, 4) is 0 Å². The molecule has 15 heavy (non-hydrogen) atoms. The zero-order valence-corrected chi connectivity index (χ0v) is 10.6. The van der Waals surface area contributed by atoms with Gasteiger partial charge in [0.05, 0.1) is 0 Å². The number of aryl methyl sites for hydroxylation is 1. The number of rotatable bonds is 5. The van der Waals surface area contributed by atoms with Gasteiger partial charge in [-0.25, -0.2) is 0 Å². The Morgan fingerprint density at radius 1 is 1.47 bits per heavy atom. The lowest BCUT2D eigenvalue weighted by molar-refractivity contribution is 0.249. The van der Waals surface area contributed by atoms with E-state index in [9.17, 15) is 0 Å². The van der Waals surface area contributed by atoms with Gasteiger partial charge >= 0.3 is 0 Å². The third-order valence-corrected chi connectivity index (χ3v) is 4.64. The smallest absolute Gasteiger partial charge is 0.0109 e. The van der Waals surface area contributed by atoms with E-state index < -0.39 is 0 Å². The second kappa shape index (κ2) is 5.13. The summed E-state index contributed by atoms with van der Waals surface area (Å²) in [5, 5.41) is 5.79. The van der Waals surface area contributed by atoms with E-state index in [2.05, 4.69) is 30.6 Å². The van der Waals surface area contributed by atoms with Crippen LogP contribution in [0.5, 0.6) is 0 Å². The average Bonchev–Trinajstić information content (AvgIpc) is 2.58. The Morgan fingerprint density at radius 3 is 2.87 bits per heavy atom. The molecular weight excluding hydrogens is 202 g/mol. The van der Waals surface area contributed by atoms with Crippen LogP contribution >= 0.6 is 11.3 Å². The van der Waals surface area contributed by atoms with Gasteiger partial charge in [-0.2, -0.15) is 0 Å². The van der Waals surface area contributed by atoms with Crippen molar-refractivity contribution in [2.75, 3.05) is 13.1 Å². The van der Waals surface area contributed by atoms with E-state index in [1.165, 1.54) is 37.9 Å². The van der Waals surface area contributed by atoms with E-state index in [4.69, 9.17) is 0 Å². The van der Waals surface area contributed by atoms with E-state index in [-0.39, 0.29) is 0 Å². The summed E-state index contributed by atoms with van der Waals surface area (Å²) in [6.07, 6.45) is 4.06. The lowest BCUT2D eigenvalue weighted by atomic mass is 9.72. The zero-order chi connectivity index (χ0) is 10.7. The van der Waals surface area contributed by atoms with Crippen LogP contribution in [-0.2, 0) is 0 Å². The summed E-state index contributed by atoms with van der Waals surface area (Å²) >= 11 is 1.95. The van der Waals surface area contributed by atoms with Crippen molar-refractivity contribution in [1.29, 1.82) is 0 Å². The third kappa shape index (κ3) is 2.43. The van der Waals surface area contributed by atoms with E-state index in [1.54, 1.807) is 4.88 Å². The molecule has 1 aliphatic carbocycles. The second-order valence-electron chi connectivity index (χ2n) is 4.62. The third-order valence-electron chi connectivity index (χ3n) is 3.49. The Morgan fingerprint density at radius 2 is 2.33 bits per heavy atom. The van der Waals surface area contributed by atoms with Crippen LogP contribution < -0.4 is 5.32 Å². The largest absolute Gasteiger partial charge is 0.316 e. The van der Waals surface area contributed by atoms with Crippen molar-refractivity contribution in [3.05, 3.63) is 21.9 Å². The van der Waals surface area contributed by atoms with Gasteiger partial charge in [0.25, 0.3) is 0 Å². The minimum atomic E-state index is 0.856. The highest BCUT2D eigenvalue weighted by atomic mass is 32.1. The molecule has 0 amide bonds. The highest BCUT2D eigenvalue weighted by Gasteiger charge is 2.33. The van der Waals surface area contributed by atoms with E-state index in [1.807, 2.05) is 11.3 Å². The number of hydrogen-bond donors (Lipinski definition) is 1. The summed E-state index contributed by atoms with van der Waals surface area (Å²) < 4.78 is 0. The van der Waals surface area contributed by atoms with Gasteiger partial charge in [0.15, 0.2) is 0 Å². The van der Waals surface area contributed by atoms with Gasteiger partial charge in [0, 0.05) is 4.88 Å². The molecule has 1 N–H and O–H groups in total. The summed E-state index contributed by atoms with van der Waals surface area (Å²) in [6, 6.07) is 2.26. The summed E-state index contributed by atoms with van der Waals surface area (Å²) in [5.74, 6) is 1.75. The predicted molar refractivity (Wildman–Crippen MR) is 67.7 cm³/mol. The van der Waals surface area contributed by atoms with E-state index >= 15 is 0 Å². The Bertz CT molecular complexity index is 305. The lowest BCUT2D eigenvalue weighted by Crippen LogP contribution is -2.34. The molecule has 2 atom stereocenters. The molecule has 1 aromatic rings. The van der Waals surface area contributed by atoms with Crippen molar-refractivity contribution in [3.63, 3.8) is 0 Å². The average molecular weight is 223 g/mol. The Labute approximate surface area is 96.9 Å². The summed E-state index contributed by atoms with van der Waals surface area (Å²) in [7, 11) is 0. The molecule has 1 nitrogen and oxygen atoms in total. The predicted octanol–water partition coefficient (Wildman–Crippen LogP) is 3.55. The van der Waals surface area contributed by atoms with Crippen molar-refractivity contribution in [2.45, 2.75) is 39.0 Å². The monoisotopic (exact) mass is 223 g/mol. The minimum absolute atomic E-state index is 0.856. The molecule has 1 fully saturated rings. The van der Waals surface area contributed by atoms with Gasteiger partial charge in [-0.3, -0.25) is 0 Å². The van der Waals surface area contributed by atoms with E-state index in [0.717, 1.165) is 11.8 Å². The van der Waals surface area contributed by atoms with Crippen molar-refractivity contribution in [1.82, 2.24) is 5.32 Å². The van der Waals surface area contributed by atoms with Gasteiger partial charge in [0.2, 0.25) is 0 Å². The SMILES string of the molecule is CCCNCC1CCC1c1sccc1C. The van der Waals surface area contributed by atoms with Crippen LogP contribution in [0, 0.1) is 12.8 Å². The fourth-order valence-corrected chi connectivity index (χ4v) is 3.54. The van der Waals surface area contributed by atoms with Crippen LogP contribution in [0.2, 0.25) is 0 Å². The van der Waals surface area contributed by atoms with Crippen LogP contribution in [0.4, 0.5) is 0 Å². The normalized spacial score (nSPS) is 25.2. The number of hydrogen-bond acceptors (Lipinski definition) is 2. The highest BCUT2D eigenvalue weighted by molar-refractivity contribution is 7.10. The van der Waals surface area contributed by atoms with Crippen LogP contribution in [0.3, 0.4) is 0 Å². The molecular formula is C13H21NS. The van der Waals surface area contributed by atoms with Crippen molar-refractivity contribution in [2.24, 2.45) is 5.92 Å². The number of nitrogens with one attached hydrogen (secondary N) is 1. The molecule has 1 aromatic heterocycles. The molecule has 1 heterocycles. The molecule has 0 aromatic carbocycles. The van der Waals surface area contributed by atoms with Crippen LogP contribution in [-0.4, -0.2) is 13.1 Å². The molecule has 0 bridgehead atoms. The van der Waals surface area contributed by atoms with Gasteiger partial charge in [-0.05, 0) is 68.1 Å². The first-order chi connectivity index (χ1) is 7.33. The molecule has 84 valence electrons. The minimum Gasteiger partial charge on any atom is -0.316 e. The topological polar surface area (TPSA) is 12.0 Å². The van der Waals surface area contributed by atoms with Gasteiger partial charge in [-0.15, -0.1) is 11.3 Å². The first kappa shape index (κ1) is 11.2. The highest BCUT2D eigenvalue weighted by Crippen LogP contribution is 2.45. The second-order valence-corrected chi connectivity index (χ2v) is 5.56. The quantitative estimate of drug-likeness (QED) is 0.753. The maximum atomic E-state index is 3.55. The first-order valence-electron chi connectivity index (χ1n) is 6.07. The fraction of sp³-hybridized carbons (Fsp3) is 0.692. The van der Waals surface area contributed by atoms with Gasteiger partial charge in [0.1, 0.15) is 0 Å². The number of thiophene rings is 1. The van der Waals surface area contributed by atoms with Gasteiger partial charge < -0.3 is 5.32 Å². The Balaban J connectivity index is 1.87. The van der Waals surface area contributed by atoms with E-state index in [0.29, 0.717) is 0 Å². The molecule has 2 heteroatoms. The molecule has 1 aliphatic rings. The van der Waals surface area contributed by atoms with Crippen molar-refractivity contribution >= 4 is 11.3 Å². The molecule has 2 rings (SSSR count). The standard InChI is InChI=1S/C13H21NS/c1-3-7-14-9-11-4-5-12(11)13-10(2)6-8-15-13/h6,8,11-12,14H,3-5,7,9H2,1-2H3. The molecule has 0 saturated heterocycles. The molecule has 0 radical (unpaired) electrons. The maximum absolute atomic E-state index is 3.55. The van der Waals surface area contributed by atoms with Crippen LogP contribution in [0.1, 0.15) is 42.5 Å². The summed E-state index contributed by atoms with van der Waals surface area (Å²) in [4.78, 5) is 1.64. The molecule has 2 unspecified atom stereocenters. The zero-order valence-electron chi connectivity index (χ0n) is 9.75. The van der Waals surface area contributed by atoms with Crippen molar-refractivity contribution < 1.29 is 0 Å². The van der Waals surface area contributed by atoms with Crippen LogP contribution in [0.15, 0.2) is 11.4 Å². The van der Waals surface area contributed by atoms with Crippen LogP contribution in [0.25, 0.3) is 0 Å². The van der Waals surface area contributed by atoms with Gasteiger partial charge in [-0.1, -0.05) is 6.92 Å². The first-order valence-corrected chi connectivity index (χ1v) is 6.95. The molecule has 0 aliphatic heterocycles. The Kier molecular flexibility index (Phi) is 3.81. The molecule has 0 spiro atoms. The fourth-order valence-electron chi connectivity index (χ4n) is 2.39. The summed E-state index contributed by atoms with van der Waals surface area (Å²) in [5.41, 5.74) is 1.50. The maximum Gasteiger partial charge on any atom is 0.0109 e. The lowest BCUT2D eigenvalue weighted by Gasteiger charge is -2.37.